The van der Waals surface area contributed by atoms with Crippen LogP contribution in [0.15, 0.2) is 22.7 Å². The van der Waals surface area contributed by atoms with Gasteiger partial charge in [0.2, 0.25) is 5.88 Å². The van der Waals surface area contributed by atoms with Crippen LogP contribution in [0.5, 0.6) is 5.88 Å². The molecule has 2 spiro atoms. The fourth-order valence-corrected chi connectivity index (χ4v) is 8.73. The monoisotopic (exact) mass is 610 g/mol. The van der Waals surface area contributed by atoms with Gasteiger partial charge in [0.25, 0.3) is 0 Å². The average molecular weight is 611 g/mol. The summed E-state index contributed by atoms with van der Waals surface area (Å²) in [6, 6.07) is 8.71. The van der Waals surface area contributed by atoms with Crippen molar-refractivity contribution in [2.45, 2.75) is 81.4 Å². The summed E-state index contributed by atoms with van der Waals surface area (Å²) in [5.41, 5.74) is 10.9. The molecular weight excluding hydrogens is 568 g/mol. The first-order valence-electron chi connectivity index (χ1n) is 16.5. The SMILES string of the molecule is C[C@H](Oc1cc(N2CCNC3(COC3)C2)nc(-c2noc3c2CCC[C@@]32CCCc3ccc(N)c(C#N)c32)n1)[C@@H]1CCCN1C. The minimum atomic E-state index is -0.430. The number of hydrogen-bond donors (Lipinski definition) is 2. The van der Waals surface area contributed by atoms with Crippen LogP contribution in [-0.4, -0.2) is 84.1 Å². The van der Waals surface area contributed by atoms with E-state index < -0.39 is 5.41 Å². The van der Waals surface area contributed by atoms with Gasteiger partial charge in [-0.3, -0.25) is 4.90 Å². The van der Waals surface area contributed by atoms with Gasteiger partial charge in [-0.2, -0.15) is 10.2 Å². The first kappa shape index (κ1) is 28.7. The van der Waals surface area contributed by atoms with E-state index in [1.54, 1.807) is 0 Å². The van der Waals surface area contributed by atoms with Gasteiger partial charge >= 0.3 is 0 Å². The van der Waals surface area contributed by atoms with Gasteiger partial charge in [-0.1, -0.05) is 11.2 Å². The van der Waals surface area contributed by atoms with Gasteiger partial charge in [0.1, 0.15) is 18.0 Å². The van der Waals surface area contributed by atoms with E-state index in [9.17, 15) is 5.26 Å². The van der Waals surface area contributed by atoms with Crippen molar-refractivity contribution in [1.29, 1.82) is 5.26 Å². The summed E-state index contributed by atoms with van der Waals surface area (Å²) in [7, 11) is 2.17. The maximum atomic E-state index is 10.2. The molecule has 5 heterocycles. The van der Waals surface area contributed by atoms with Crippen LogP contribution in [0.3, 0.4) is 0 Å². The minimum Gasteiger partial charge on any atom is -0.473 e. The summed E-state index contributed by atoms with van der Waals surface area (Å²) < 4.78 is 18.5. The Labute approximate surface area is 264 Å². The van der Waals surface area contributed by atoms with Gasteiger partial charge < -0.3 is 29.9 Å². The zero-order valence-corrected chi connectivity index (χ0v) is 26.3. The van der Waals surface area contributed by atoms with E-state index in [-0.39, 0.29) is 11.6 Å². The molecular formula is C34H42N8O3. The molecule has 3 saturated heterocycles. The predicted molar refractivity (Wildman–Crippen MR) is 169 cm³/mol. The molecule has 45 heavy (non-hydrogen) atoms. The summed E-state index contributed by atoms with van der Waals surface area (Å²) in [5.74, 6) is 2.76. The van der Waals surface area contributed by atoms with Gasteiger partial charge in [0, 0.05) is 43.0 Å². The third kappa shape index (κ3) is 4.68. The molecule has 8 rings (SSSR count). The number of anilines is 2. The lowest BCUT2D eigenvalue weighted by molar-refractivity contribution is -0.0743. The minimum absolute atomic E-state index is 0.0226. The first-order chi connectivity index (χ1) is 21.9. The van der Waals surface area contributed by atoms with Crippen LogP contribution in [0.25, 0.3) is 11.5 Å². The highest BCUT2D eigenvalue weighted by molar-refractivity contribution is 5.67. The molecule has 236 valence electrons. The average Bonchev–Trinajstić information content (AvgIpc) is 3.68. The van der Waals surface area contributed by atoms with Crippen molar-refractivity contribution in [1.82, 2.24) is 25.3 Å². The zero-order valence-electron chi connectivity index (χ0n) is 26.3. The zero-order chi connectivity index (χ0) is 30.8. The number of nitrogens with zero attached hydrogens (tertiary/aromatic N) is 6. The molecule has 0 radical (unpaired) electrons. The Balaban J connectivity index is 1.21. The summed E-state index contributed by atoms with van der Waals surface area (Å²) in [5, 5.41) is 18.5. The molecule has 3 aromatic rings. The van der Waals surface area contributed by atoms with Crippen molar-refractivity contribution in [2.24, 2.45) is 0 Å². The van der Waals surface area contributed by atoms with E-state index in [1.807, 2.05) is 12.1 Å². The molecule has 0 amide bonds. The predicted octanol–water partition coefficient (Wildman–Crippen LogP) is 3.58. The molecule has 0 unspecified atom stereocenters. The Hall–Kier alpha value is -3.72. The van der Waals surface area contributed by atoms with E-state index in [1.165, 1.54) is 12.0 Å². The lowest BCUT2D eigenvalue weighted by Gasteiger charge is -2.49. The van der Waals surface area contributed by atoms with E-state index in [0.717, 1.165) is 93.8 Å². The van der Waals surface area contributed by atoms with Crippen molar-refractivity contribution in [3.8, 4) is 23.5 Å². The van der Waals surface area contributed by atoms with Crippen molar-refractivity contribution < 1.29 is 14.0 Å². The second-order valence-electron chi connectivity index (χ2n) is 13.8. The van der Waals surface area contributed by atoms with E-state index in [2.05, 4.69) is 41.2 Å². The maximum absolute atomic E-state index is 10.2. The highest BCUT2D eigenvalue weighted by atomic mass is 16.5. The number of aromatic nitrogens is 3. The topological polar surface area (TPSA) is 139 Å². The third-order valence-electron chi connectivity index (χ3n) is 11.0. The number of hydrogen-bond acceptors (Lipinski definition) is 11. The third-order valence-corrected chi connectivity index (χ3v) is 11.0. The van der Waals surface area contributed by atoms with Gasteiger partial charge in [-0.05, 0) is 89.1 Å². The van der Waals surface area contributed by atoms with Crippen LogP contribution in [0.1, 0.15) is 73.5 Å². The quantitative estimate of drug-likeness (QED) is 0.410. The Morgan fingerprint density at radius 2 is 2.00 bits per heavy atom. The van der Waals surface area contributed by atoms with Gasteiger partial charge in [-0.25, -0.2) is 4.98 Å². The number of likely N-dealkylation sites (N-methyl/N-ethyl adjacent to an activating group) is 1. The molecule has 3 atom stereocenters. The van der Waals surface area contributed by atoms with E-state index in [4.69, 9.17) is 34.9 Å². The smallest absolute Gasteiger partial charge is 0.219 e. The number of nitrogen functional groups attached to an aromatic ring is 1. The molecule has 0 saturated carbocycles. The number of piperazine rings is 1. The highest BCUT2D eigenvalue weighted by Gasteiger charge is 2.48. The van der Waals surface area contributed by atoms with Crippen LogP contribution in [0.4, 0.5) is 11.5 Å². The fourth-order valence-electron chi connectivity index (χ4n) is 8.73. The molecule has 0 bridgehead atoms. The van der Waals surface area contributed by atoms with Crippen LogP contribution in [-0.2, 0) is 23.0 Å². The number of nitrogens with one attached hydrogen (secondary N) is 1. The Morgan fingerprint density at radius 1 is 1.16 bits per heavy atom. The number of aryl methyl sites for hydroxylation is 1. The van der Waals surface area contributed by atoms with Gasteiger partial charge in [-0.15, -0.1) is 0 Å². The highest BCUT2D eigenvalue weighted by Crippen LogP contribution is 2.53. The Kier molecular flexibility index (Phi) is 7.00. The van der Waals surface area contributed by atoms with Crippen molar-refractivity contribution >= 4 is 11.5 Å². The molecule has 3 N–H and O–H groups in total. The van der Waals surface area contributed by atoms with Crippen LogP contribution >= 0.6 is 0 Å². The summed E-state index contributed by atoms with van der Waals surface area (Å²) >= 11 is 0. The molecule has 1 aromatic carbocycles. The van der Waals surface area contributed by atoms with Crippen molar-refractivity contribution in [3.05, 3.63) is 46.2 Å². The summed E-state index contributed by atoms with van der Waals surface area (Å²) in [6.07, 6.45) is 7.77. The number of fused-ring (bicyclic) bond motifs is 4. The fraction of sp³-hybridized carbons (Fsp3) is 0.588. The standard InChI is InChI=1S/C34H42N8O3/c1-21(26-8-5-14-41(26)2)44-28-16-27(42-15-13-37-33(18-42)19-43-20-33)38-32(39-28)30-23-7-4-12-34(31(23)45-40-30)11-3-6-22-9-10-25(36)24(17-35)29(22)34/h9-10,16,21,26,37H,3-8,11-15,18-20,36H2,1-2H3/t21-,26-,34+/m0/s1. The number of nitriles is 1. The lowest BCUT2D eigenvalue weighted by Crippen LogP contribution is -2.70. The number of rotatable bonds is 5. The number of ether oxygens (including phenoxy) is 2. The second-order valence-corrected chi connectivity index (χ2v) is 13.8. The van der Waals surface area contributed by atoms with E-state index >= 15 is 0 Å². The molecule has 11 heteroatoms. The van der Waals surface area contributed by atoms with Crippen LogP contribution in [0.2, 0.25) is 0 Å². The lowest BCUT2D eigenvalue weighted by atomic mass is 9.61. The normalized spacial score (nSPS) is 26.2. The van der Waals surface area contributed by atoms with Gasteiger partial charge in [0.05, 0.1) is 29.7 Å². The van der Waals surface area contributed by atoms with Crippen LogP contribution < -0.4 is 20.7 Å². The summed E-state index contributed by atoms with van der Waals surface area (Å²) in [4.78, 5) is 14.8. The first-order valence-corrected chi connectivity index (χ1v) is 16.5. The molecule has 2 aromatic heterocycles. The Bertz CT molecular complexity index is 1660. The Morgan fingerprint density at radius 3 is 2.76 bits per heavy atom. The molecule has 5 aliphatic rings. The second kappa shape index (κ2) is 11.0. The summed E-state index contributed by atoms with van der Waals surface area (Å²) in [6.45, 7) is 7.11. The number of benzene rings is 1. The van der Waals surface area contributed by atoms with Crippen LogP contribution in [0, 0.1) is 11.3 Å². The number of nitrogens with two attached hydrogens (primary N) is 1. The van der Waals surface area contributed by atoms with Crippen molar-refractivity contribution in [3.63, 3.8) is 0 Å². The molecule has 3 fully saturated rings. The van der Waals surface area contributed by atoms with E-state index in [0.29, 0.717) is 47.9 Å². The molecule has 11 nitrogen and oxygen atoms in total. The largest absolute Gasteiger partial charge is 0.473 e. The molecule has 2 aliphatic carbocycles. The number of likely N-dealkylation sites (tertiary alicyclic amines) is 1. The maximum Gasteiger partial charge on any atom is 0.219 e. The van der Waals surface area contributed by atoms with Crippen molar-refractivity contribution in [2.75, 3.05) is 57.1 Å². The molecule has 3 aliphatic heterocycles. The van der Waals surface area contributed by atoms with Gasteiger partial charge in [0.15, 0.2) is 17.3 Å².